The Morgan fingerprint density at radius 1 is 1.37 bits per heavy atom. The maximum Gasteiger partial charge on any atom is 0.272 e. The number of anilines is 1. The molecule has 0 aliphatic rings. The van der Waals surface area contributed by atoms with Crippen molar-refractivity contribution in [3.63, 3.8) is 0 Å². The molecule has 7 heteroatoms. The van der Waals surface area contributed by atoms with E-state index in [0.29, 0.717) is 31.0 Å². The molecule has 1 aromatic rings. The molecule has 0 unspecified atom stereocenters. The van der Waals surface area contributed by atoms with Gasteiger partial charge in [0.2, 0.25) is 5.91 Å². The van der Waals surface area contributed by atoms with Gasteiger partial charge in [-0.3, -0.25) is 14.3 Å². The molecule has 0 aliphatic carbocycles. The van der Waals surface area contributed by atoms with Crippen LogP contribution < -0.4 is 11.1 Å². The first-order valence-corrected chi connectivity index (χ1v) is 6.42. The first-order valence-electron chi connectivity index (χ1n) is 6.42. The van der Waals surface area contributed by atoms with Crippen LogP contribution in [0.25, 0.3) is 0 Å². The van der Waals surface area contributed by atoms with Crippen LogP contribution in [0.2, 0.25) is 0 Å². The Kier molecular flexibility index (Phi) is 5.35. The standard InChI is InChI=1S/C12H21N5O2/c1-4-16(5-2)10(18)8-14-12(19)11-9(13)7-15-17(11)6-3/h7H,4-6,8,13H2,1-3H3,(H,14,19). The SMILES string of the molecule is CCN(CC)C(=O)CNC(=O)c1c(N)cnn1CC. The van der Waals surface area contributed by atoms with Crippen molar-refractivity contribution < 1.29 is 9.59 Å². The first-order chi connectivity index (χ1) is 9.04. The Bertz CT molecular complexity index is 451. The fourth-order valence-corrected chi connectivity index (χ4v) is 1.82. The largest absolute Gasteiger partial charge is 0.396 e. The molecular weight excluding hydrogens is 246 g/mol. The molecule has 7 nitrogen and oxygen atoms in total. The average Bonchev–Trinajstić information content (AvgIpc) is 2.78. The van der Waals surface area contributed by atoms with Gasteiger partial charge in [-0.1, -0.05) is 0 Å². The highest BCUT2D eigenvalue weighted by atomic mass is 16.2. The minimum atomic E-state index is -0.377. The number of rotatable bonds is 6. The maximum atomic E-state index is 12.0. The third kappa shape index (κ3) is 3.46. The summed E-state index contributed by atoms with van der Waals surface area (Å²) in [5.41, 5.74) is 6.31. The lowest BCUT2D eigenvalue weighted by Gasteiger charge is -2.18. The molecule has 0 spiro atoms. The quantitative estimate of drug-likeness (QED) is 0.763. The van der Waals surface area contributed by atoms with Crippen LogP contribution >= 0.6 is 0 Å². The number of hydrogen-bond donors (Lipinski definition) is 2. The lowest BCUT2D eigenvalue weighted by atomic mass is 10.3. The van der Waals surface area contributed by atoms with E-state index in [1.807, 2.05) is 20.8 Å². The van der Waals surface area contributed by atoms with E-state index in [4.69, 9.17) is 5.73 Å². The summed E-state index contributed by atoms with van der Waals surface area (Å²) in [6.45, 7) is 7.42. The van der Waals surface area contributed by atoms with Crippen molar-refractivity contribution >= 4 is 17.5 Å². The summed E-state index contributed by atoms with van der Waals surface area (Å²) in [6.07, 6.45) is 1.44. The molecule has 106 valence electrons. The highest BCUT2D eigenvalue weighted by Gasteiger charge is 2.17. The molecule has 0 bridgehead atoms. The number of likely N-dealkylation sites (N-methyl/N-ethyl adjacent to an activating group) is 1. The summed E-state index contributed by atoms with van der Waals surface area (Å²) >= 11 is 0. The van der Waals surface area contributed by atoms with E-state index in [-0.39, 0.29) is 18.4 Å². The normalized spacial score (nSPS) is 10.3. The van der Waals surface area contributed by atoms with Crippen LogP contribution in [0.4, 0.5) is 5.69 Å². The Morgan fingerprint density at radius 2 is 2.00 bits per heavy atom. The highest BCUT2D eigenvalue weighted by molar-refractivity contribution is 5.99. The van der Waals surface area contributed by atoms with E-state index in [9.17, 15) is 9.59 Å². The van der Waals surface area contributed by atoms with Crippen molar-refractivity contribution in [3.05, 3.63) is 11.9 Å². The van der Waals surface area contributed by atoms with Gasteiger partial charge < -0.3 is 16.0 Å². The van der Waals surface area contributed by atoms with Crippen LogP contribution in [0.15, 0.2) is 6.20 Å². The second kappa shape index (κ2) is 6.77. The number of aromatic nitrogens is 2. The summed E-state index contributed by atoms with van der Waals surface area (Å²) in [5.74, 6) is -0.489. The Balaban J connectivity index is 2.65. The van der Waals surface area contributed by atoms with Gasteiger partial charge >= 0.3 is 0 Å². The summed E-state index contributed by atoms with van der Waals surface area (Å²) in [6, 6.07) is 0. The predicted octanol–water partition coefficient (Wildman–Crippen LogP) is 0.0834. The molecule has 0 aromatic carbocycles. The molecule has 3 N–H and O–H groups in total. The van der Waals surface area contributed by atoms with Crippen LogP contribution in [0.1, 0.15) is 31.3 Å². The van der Waals surface area contributed by atoms with Crippen molar-refractivity contribution in [3.8, 4) is 0 Å². The van der Waals surface area contributed by atoms with Crippen LogP contribution in [0.5, 0.6) is 0 Å². The summed E-state index contributed by atoms with van der Waals surface area (Å²) < 4.78 is 1.51. The van der Waals surface area contributed by atoms with Crippen LogP contribution in [0.3, 0.4) is 0 Å². The lowest BCUT2D eigenvalue weighted by molar-refractivity contribution is -0.129. The van der Waals surface area contributed by atoms with Gasteiger partial charge in [-0.25, -0.2) is 0 Å². The summed E-state index contributed by atoms with van der Waals surface area (Å²) in [4.78, 5) is 25.4. The fourth-order valence-electron chi connectivity index (χ4n) is 1.82. The van der Waals surface area contributed by atoms with Crippen LogP contribution in [0, 0.1) is 0 Å². The number of carbonyl (C=O) groups excluding carboxylic acids is 2. The number of nitrogen functional groups attached to an aromatic ring is 1. The minimum Gasteiger partial charge on any atom is -0.396 e. The number of aryl methyl sites for hydroxylation is 1. The smallest absolute Gasteiger partial charge is 0.272 e. The fraction of sp³-hybridized carbons (Fsp3) is 0.583. The molecule has 0 atom stereocenters. The number of hydrogen-bond acceptors (Lipinski definition) is 4. The van der Waals surface area contributed by atoms with E-state index in [1.54, 1.807) is 4.90 Å². The Hall–Kier alpha value is -2.05. The van der Waals surface area contributed by atoms with E-state index < -0.39 is 0 Å². The van der Waals surface area contributed by atoms with E-state index in [1.165, 1.54) is 10.9 Å². The zero-order valence-corrected chi connectivity index (χ0v) is 11.6. The van der Waals surface area contributed by atoms with Crippen molar-refractivity contribution in [2.45, 2.75) is 27.3 Å². The van der Waals surface area contributed by atoms with Gasteiger partial charge in [-0.05, 0) is 20.8 Å². The molecule has 1 rings (SSSR count). The van der Waals surface area contributed by atoms with Crippen molar-refractivity contribution in [2.75, 3.05) is 25.4 Å². The molecule has 19 heavy (non-hydrogen) atoms. The number of nitrogens with zero attached hydrogens (tertiary/aromatic N) is 3. The van der Waals surface area contributed by atoms with Crippen LogP contribution in [-0.2, 0) is 11.3 Å². The van der Waals surface area contributed by atoms with Gasteiger partial charge in [0.15, 0.2) is 0 Å². The van der Waals surface area contributed by atoms with Crippen molar-refractivity contribution in [1.29, 1.82) is 0 Å². The average molecular weight is 267 g/mol. The van der Waals surface area contributed by atoms with Crippen molar-refractivity contribution in [1.82, 2.24) is 20.0 Å². The van der Waals surface area contributed by atoms with Gasteiger partial charge in [-0.15, -0.1) is 0 Å². The van der Waals surface area contributed by atoms with Gasteiger partial charge in [-0.2, -0.15) is 5.10 Å². The maximum absolute atomic E-state index is 12.0. The molecule has 0 fully saturated rings. The molecule has 1 aromatic heterocycles. The number of carbonyl (C=O) groups is 2. The third-order valence-electron chi connectivity index (χ3n) is 2.90. The number of nitrogens with one attached hydrogen (secondary N) is 1. The van der Waals surface area contributed by atoms with Gasteiger partial charge in [0.25, 0.3) is 5.91 Å². The van der Waals surface area contributed by atoms with E-state index in [0.717, 1.165) is 0 Å². The second-order valence-corrected chi connectivity index (χ2v) is 4.01. The third-order valence-corrected chi connectivity index (χ3v) is 2.90. The molecule has 0 radical (unpaired) electrons. The number of nitrogens with two attached hydrogens (primary N) is 1. The van der Waals surface area contributed by atoms with Crippen molar-refractivity contribution in [2.24, 2.45) is 0 Å². The predicted molar refractivity (Wildman–Crippen MR) is 72.6 cm³/mol. The van der Waals surface area contributed by atoms with Crippen LogP contribution in [-0.4, -0.2) is 46.1 Å². The Morgan fingerprint density at radius 3 is 2.53 bits per heavy atom. The molecule has 2 amide bonds. The highest BCUT2D eigenvalue weighted by Crippen LogP contribution is 2.10. The minimum absolute atomic E-state index is 0.0329. The zero-order valence-electron chi connectivity index (χ0n) is 11.6. The van der Waals surface area contributed by atoms with Gasteiger partial charge in [0.1, 0.15) is 5.69 Å². The van der Waals surface area contributed by atoms with Gasteiger partial charge in [0.05, 0.1) is 18.4 Å². The zero-order chi connectivity index (χ0) is 14.4. The van der Waals surface area contributed by atoms with E-state index >= 15 is 0 Å². The molecule has 0 aliphatic heterocycles. The molecule has 1 heterocycles. The second-order valence-electron chi connectivity index (χ2n) is 4.01. The Labute approximate surface area is 112 Å². The van der Waals surface area contributed by atoms with E-state index in [2.05, 4.69) is 10.4 Å². The molecular formula is C12H21N5O2. The topological polar surface area (TPSA) is 93.2 Å². The monoisotopic (exact) mass is 267 g/mol. The van der Waals surface area contributed by atoms with Gasteiger partial charge in [0, 0.05) is 19.6 Å². The first kappa shape index (κ1) is 15.0. The summed E-state index contributed by atoms with van der Waals surface area (Å²) in [5, 5.41) is 6.56. The summed E-state index contributed by atoms with van der Waals surface area (Å²) in [7, 11) is 0. The number of amides is 2. The lowest BCUT2D eigenvalue weighted by Crippen LogP contribution is -2.40. The molecule has 0 saturated heterocycles. The molecule has 0 saturated carbocycles.